The van der Waals surface area contributed by atoms with Crippen LogP contribution in [0.3, 0.4) is 0 Å². The zero-order chi connectivity index (χ0) is 18.0. The van der Waals surface area contributed by atoms with E-state index in [9.17, 15) is 13.2 Å². The zero-order valence-electron chi connectivity index (χ0n) is 14.8. The maximum Gasteiger partial charge on any atom is 0.267 e. The molecule has 2 aliphatic heterocycles. The van der Waals surface area contributed by atoms with Crippen LogP contribution in [0.4, 0.5) is 0 Å². The van der Waals surface area contributed by atoms with Crippen molar-refractivity contribution in [2.24, 2.45) is 18.9 Å². The third-order valence-corrected chi connectivity index (χ3v) is 7.06. The number of carbonyl (C=O) groups excluding carboxylic acids is 1. The molecule has 1 N–H and O–H groups in total. The number of amides is 1. The molecule has 3 heterocycles. The summed E-state index contributed by atoms with van der Waals surface area (Å²) in [6, 6.07) is 3.65. The number of nitrogens with one attached hydrogen (secondary N) is 1. The Kier molecular flexibility index (Phi) is 5.50. The second kappa shape index (κ2) is 7.47. The largest absolute Gasteiger partial charge is 0.376 e. The lowest BCUT2D eigenvalue weighted by molar-refractivity contribution is 0.0908. The van der Waals surface area contributed by atoms with E-state index in [0.717, 1.165) is 13.1 Å². The number of hydrogen-bond donors (Lipinski definition) is 1. The standard InChI is InChI=1S/C17H27N3O4S/c1-3-25(22,23)8-7-20-10-14-13(12-24-16(14)11-20)9-18-17(21)15-5-4-6-19(15)2/h4-6,13-14,16H,3,7-12H2,1-2H3,(H,18,21)/t13-,14+,16+/m0/s1. The van der Waals surface area contributed by atoms with E-state index in [2.05, 4.69) is 10.2 Å². The summed E-state index contributed by atoms with van der Waals surface area (Å²) in [5.41, 5.74) is 0.647. The van der Waals surface area contributed by atoms with Crippen molar-refractivity contribution in [3.8, 4) is 0 Å². The highest BCUT2D eigenvalue weighted by Gasteiger charge is 2.43. The van der Waals surface area contributed by atoms with E-state index in [0.29, 0.717) is 31.3 Å². The Labute approximate surface area is 149 Å². The van der Waals surface area contributed by atoms with Crippen molar-refractivity contribution < 1.29 is 17.9 Å². The van der Waals surface area contributed by atoms with Crippen LogP contribution >= 0.6 is 0 Å². The van der Waals surface area contributed by atoms with Gasteiger partial charge in [-0.05, 0) is 12.1 Å². The number of nitrogens with zero attached hydrogens (tertiary/aromatic N) is 2. The van der Waals surface area contributed by atoms with Gasteiger partial charge < -0.3 is 14.6 Å². The van der Waals surface area contributed by atoms with Crippen molar-refractivity contribution in [3.63, 3.8) is 0 Å². The fraction of sp³-hybridized carbons (Fsp3) is 0.706. The number of aromatic nitrogens is 1. The normalized spacial score (nSPS) is 26.7. The molecule has 2 saturated heterocycles. The first-order chi connectivity index (χ1) is 11.9. The molecule has 3 rings (SSSR count). The number of sulfone groups is 1. The minimum absolute atomic E-state index is 0.0696. The van der Waals surface area contributed by atoms with E-state index in [1.807, 2.05) is 19.3 Å². The summed E-state index contributed by atoms with van der Waals surface area (Å²) in [6.45, 7) is 5.12. The van der Waals surface area contributed by atoms with Crippen molar-refractivity contribution in [1.29, 1.82) is 0 Å². The molecule has 1 aromatic rings. The highest BCUT2D eigenvalue weighted by molar-refractivity contribution is 7.91. The quantitative estimate of drug-likeness (QED) is 0.739. The highest BCUT2D eigenvalue weighted by Crippen LogP contribution is 2.33. The summed E-state index contributed by atoms with van der Waals surface area (Å²) < 4.78 is 31.0. The molecule has 0 bridgehead atoms. The zero-order valence-corrected chi connectivity index (χ0v) is 15.7. The van der Waals surface area contributed by atoms with Gasteiger partial charge in [-0.1, -0.05) is 6.92 Å². The van der Waals surface area contributed by atoms with Crippen molar-refractivity contribution in [2.75, 3.05) is 44.3 Å². The fourth-order valence-corrected chi connectivity index (χ4v) is 4.52. The molecule has 0 aromatic carbocycles. The second-order valence-corrected chi connectivity index (χ2v) is 9.48. The Hall–Kier alpha value is -1.38. The van der Waals surface area contributed by atoms with E-state index in [1.165, 1.54) is 0 Å². The summed E-state index contributed by atoms with van der Waals surface area (Å²) in [7, 11) is -1.09. The fourth-order valence-electron chi connectivity index (χ4n) is 3.70. The summed E-state index contributed by atoms with van der Waals surface area (Å²) in [4.78, 5) is 14.4. The molecule has 2 aliphatic rings. The Morgan fingerprint density at radius 1 is 1.40 bits per heavy atom. The molecule has 25 heavy (non-hydrogen) atoms. The maximum atomic E-state index is 12.2. The summed E-state index contributed by atoms with van der Waals surface area (Å²) >= 11 is 0. The van der Waals surface area contributed by atoms with Crippen LogP contribution in [0, 0.1) is 11.8 Å². The van der Waals surface area contributed by atoms with Gasteiger partial charge in [0.2, 0.25) is 0 Å². The summed E-state index contributed by atoms with van der Waals surface area (Å²) in [6.07, 6.45) is 2.00. The molecule has 0 radical (unpaired) electrons. The molecular weight excluding hydrogens is 342 g/mol. The lowest BCUT2D eigenvalue weighted by atomic mass is 9.93. The number of carbonyl (C=O) groups is 1. The maximum absolute atomic E-state index is 12.2. The van der Waals surface area contributed by atoms with Gasteiger partial charge in [0.25, 0.3) is 5.91 Å². The first kappa shape index (κ1) is 18.4. The van der Waals surface area contributed by atoms with E-state index in [1.54, 1.807) is 17.6 Å². The van der Waals surface area contributed by atoms with Crippen LogP contribution in [-0.2, 0) is 21.6 Å². The van der Waals surface area contributed by atoms with Crippen LogP contribution < -0.4 is 5.32 Å². The molecule has 0 spiro atoms. The topological polar surface area (TPSA) is 80.6 Å². The number of ether oxygens (including phenoxy) is 1. The first-order valence-corrected chi connectivity index (χ1v) is 10.7. The average molecular weight is 369 g/mol. The van der Waals surface area contributed by atoms with Gasteiger partial charge in [0.05, 0.1) is 18.5 Å². The highest BCUT2D eigenvalue weighted by atomic mass is 32.2. The van der Waals surface area contributed by atoms with E-state index >= 15 is 0 Å². The molecule has 0 unspecified atom stereocenters. The van der Waals surface area contributed by atoms with Gasteiger partial charge in [-0.2, -0.15) is 0 Å². The van der Waals surface area contributed by atoms with E-state index in [4.69, 9.17) is 4.74 Å². The minimum atomic E-state index is -2.94. The van der Waals surface area contributed by atoms with Crippen molar-refractivity contribution >= 4 is 15.7 Å². The smallest absolute Gasteiger partial charge is 0.267 e. The monoisotopic (exact) mass is 369 g/mol. The van der Waals surface area contributed by atoms with Crippen LogP contribution in [0.25, 0.3) is 0 Å². The van der Waals surface area contributed by atoms with E-state index < -0.39 is 9.84 Å². The Morgan fingerprint density at radius 2 is 2.20 bits per heavy atom. The number of rotatable bonds is 7. The number of aryl methyl sites for hydroxylation is 1. The number of fused-ring (bicyclic) bond motifs is 1. The van der Waals surface area contributed by atoms with Crippen molar-refractivity contribution in [1.82, 2.24) is 14.8 Å². The van der Waals surface area contributed by atoms with Gasteiger partial charge in [0.15, 0.2) is 9.84 Å². The Bertz CT molecular complexity index is 715. The van der Waals surface area contributed by atoms with Gasteiger partial charge in [0.1, 0.15) is 5.69 Å². The lowest BCUT2D eigenvalue weighted by Gasteiger charge is -2.19. The summed E-state index contributed by atoms with van der Waals surface area (Å²) in [5, 5.41) is 3.01. The Morgan fingerprint density at radius 3 is 2.88 bits per heavy atom. The van der Waals surface area contributed by atoms with Crippen molar-refractivity contribution in [2.45, 2.75) is 13.0 Å². The molecule has 140 valence electrons. The van der Waals surface area contributed by atoms with Gasteiger partial charge in [-0.25, -0.2) is 8.42 Å². The number of likely N-dealkylation sites (tertiary alicyclic amines) is 1. The van der Waals surface area contributed by atoms with Gasteiger partial charge in [-0.3, -0.25) is 9.69 Å². The van der Waals surface area contributed by atoms with Crippen LogP contribution in [0.15, 0.2) is 18.3 Å². The van der Waals surface area contributed by atoms with Gasteiger partial charge in [0, 0.05) is 57.0 Å². The third-order valence-electron chi connectivity index (χ3n) is 5.37. The minimum Gasteiger partial charge on any atom is -0.376 e. The molecular formula is C17H27N3O4S. The summed E-state index contributed by atoms with van der Waals surface area (Å²) in [5.74, 6) is 0.968. The SMILES string of the molecule is CCS(=O)(=O)CCN1C[C@@H]2[C@@H](CNC(=O)c3cccn3C)CO[C@@H]2C1. The molecule has 3 atom stereocenters. The molecule has 8 heteroatoms. The second-order valence-electron chi connectivity index (χ2n) is 7.01. The van der Waals surface area contributed by atoms with Gasteiger partial charge >= 0.3 is 0 Å². The average Bonchev–Trinajstić information content (AvgIpc) is 3.26. The molecule has 0 saturated carbocycles. The van der Waals surface area contributed by atoms with Crippen LogP contribution in [-0.4, -0.2) is 74.2 Å². The first-order valence-electron chi connectivity index (χ1n) is 8.83. The third kappa shape index (κ3) is 4.24. The number of hydrogen-bond acceptors (Lipinski definition) is 5. The van der Waals surface area contributed by atoms with E-state index in [-0.39, 0.29) is 29.4 Å². The van der Waals surface area contributed by atoms with Crippen LogP contribution in [0.5, 0.6) is 0 Å². The predicted molar refractivity (Wildman–Crippen MR) is 95.2 cm³/mol. The van der Waals surface area contributed by atoms with Crippen LogP contribution in [0.1, 0.15) is 17.4 Å². The lowest BCUT2D eigenvalue weighted by Crippen LogP contribution is -2.35. The predicted octanol–water partition coefficient (Wildman–Crippen LogP) is 0.136. The van der Waals surface area contributed by atoms with Crippen molar-refractivity contribution in [3.05, 3.63) is 24.0 Å². The Balaban J connectivity index is 1.49. The molecule has 1 aromatic heterocycles. The van der Waals surface area contributed by atoms with Gasteiger partial charge in [-0.15, -0.1) is 0 Å². The molecule has 7 nitrogen and oxygen atoms in total. The van der Waals surface area contributed by atoms with Crippen LogP contribution in [0.2, 0.25) is 0 Å². The molecule has 1 amide bonds. The molecule has 0 aliphatic carbocycles. The molecule has 2 fully saturated rings.